The molecule has 1 aliphatic rings. The third kappa shape index (κ3) is 5.81. The molecule has 2 N–H and O–H groups in total. The Morgan fingerprint density at radius 1 is 1.00 bits per heavy atom. The highest BCUT2D eigenvalue weighted by atomic mass is 32.2. The third-order valence-electron chi connectivity index (χ3n) is 1.77. The summed E-state index contributed by atoms with van der Waals surface area (Å²) in [5, 5.41) is 8.37. The van der Waals surface area contributed by atoms with E-state index in [1.807, 2.05) is 0 Å². The minimum Gasteiger partial charge on any atom is -0.356 e. The van der Waals surface area contributed by atoms with Gasteiger partial charge >= 0.3 is 0 Å². The van der Waals surface area contributed by atoms with Crippen molar-refractivity contribution in [3.8, 4) is 0 Å². The molecule has 17 heavy (non-hydrogen) atoms. The lowest BCUT2D eigenvalue weighted by Crippen LogP contribution is -2.13. The molecule has 1 rings (SSSR count). The molecule has 0 saturated carbocycles. The minimum atomic E-state index is -0.137. The molecule has 0 aliphatic carbocycles. The number of carbonyl (C=O) groups excluding carboxylic acids is 2. The number of epoxide rings is 1. The summed E-state index contributed by atoms with van der Waals surface area (Å²) in [7, 11) is 3.15. The van der Waals surface area contributed by atoms with Crippen molar-refractivity contribution in [2.75, 3.05) is 14.1 Å². The van der Waals surface area contributed by atoms with E-state index in [2.05, 4.69) is 10.6 Å². The second-order valence-electron chi connectivity index (χ2n) is 2.98. The quantitative estimate of drug-likeness (QED) is 0.550. The molecule has 0 radical (unpaired) electrons. The maximum absolute atomic E-state index is 10.9. The van der Waals surface area contributed by atoms with Gasteiger partial charge in [0.15, 0.2) is 0 Å². The lowest BCUT2D eigenvalue weighted by Gasteiger charge is -1.90. The van der Waals surface area contributed by atoms with Gasteiger partial charge in [0, 0.05) is 26.2 Å². The number of likely N-dealkylation sites (N-methyl/N-ethyl adjacent to an activating group) is 2. The molecule has 2 atom stereocenters. The summed E-state index contributed by atoms with van der Waals surface area (Å²) < 4.78 is 5.31. The smallest absolute Gasteiger partial charge is 0.244 e. The average molecular weight is 274 g/mol. The van der Waals surface area contributed by atoms with Gasteiger partial charge < -0.3 is 15.4 Å². The molecule has 1 saturated heterocycles. The molecular formula is C10H14N2O3S2. The van der Waals surface area contributed by atoms with Crippen molar-refractivity contribution >= 4 is 35.3 Å². The van der Waals surface area contributed by atoms with Crippen LogP contribution >= 0.6 is 23.5 Å². The molecule has 0 aromatic heterocycles. The van der Waals surface area contributed by atoms with Crippen LogP contribution in [0.1, 0.15) is 0 Å². The van der Waals surface area contributed by atoms with Gasteiger partial charge in [-0.15, -0.1) is 0 Å². The molecule has 94 valence electrons. The van der Waals surface area contributed by atoms with Crippen LogP contribution in [-0.2, 0) is 14.3 Å². The van der Waals surface area contributed by atoms with Crippen molar-refractivity contribution in [1.29, 1.82) is 0 Å². The molecule has 0 spiro atoms. The van der Waals surface area contributed by atoms with Gasteiger partial charge in [-0.3, -0.25) is 9.59 Å². The summed E-state index contributed by atoms with van der Waals surface area (Å²) in [6, 6.07) is 0. The summed E-state index contributed by atoms with van der Waals surface area (Å²) in [6.07, 6.45) is 2.91. The minimum absolute atomic E-state index is 0.0512. The molecule has 1 fully saturated rings. The van der Waals surface area contributed by atoms with Gasteiger partial charge in [0.05, 0.1) is 0 Å². The first-order valence-corrected chi connectivity index (χ1v) is 6.79. The Hall–Kier alpha value is -0.920. The van der Waals surface area contributed by atoms with Crippen LogP contribution in [0.2, 0.25) is 0 Å². The van der Waals surface area contributed by atoms with Crippen LogP contribution in [0.3, 0.4) is 0 Å². The molecule has 0 bridgehead atoms. The van der Waals surface area contributed by atoms with E-state index in [0.29, 0.717) is 0 Å². The second kappa shape index (κ2) is 7.41. The number of hydrogen-bond acceptors (Lipinski definition) is 5. The Labute approximate surface area is 108 Å². The monoisotopic (exact) mass is 274 g/mol. The zero-order valence-electron chi connectivity index (χ0n) is 9.51. The molecule has 0 aromatic carbocycles. The lowest BCUT2D eigenvalue weighted by atomic mass is 10.6. The Morgan fingerprint density at radius 3 is 1.76 bits per heavy atom. The molecule has 7 heteroatoms. The fraction of sp³-hybridized carbons (Fsp3) is 0.400. The van der Waals surface area contributed by atoms with E-state index < -0.39 is 0 Å². The lowest BCUT2D eigenvalue weighted by molar-refractivity contribution is -0.116. The van der Waals surface area contributed by atoms with E-state index in [0.717, 1.165) is 0 Å². The number of ether oxygens (including phenoxy) is 1. The van der Waals surface area contributed by atoms with E-state index >= 15 is 0 Å². The van der Waals surface area contributed by atoms with Crippen molar-refractivity contribution in [1.82, 2.24) is 10.6 Å². The topological polar surface area (TPSA) is 70.7 Å². The largest absolute Gasteiger partial charge is 0.356 e. The predicted molar refractivity (Wildman–Crippen MR) is 70.3 cm³/mol. The highest BCUT2D eigenvalue weighted by Gasteiger charge is 2.38. The number of rotatable bonds is 6. The van der Waals surface area contributed by atoms with Crippen LogP contribution in [0.4, 0.5) is 0 Å². The summed E-state index contributed by atoms with van der Waals surface area (Å²) in [4.78, 5) is 21.7. The SMILES string of the molecule is CNC(=O)/C=C/SC1OC1S/C=C/C(=O)NC. The van der Waals surface area contributed by atoms with E-state index in [1.165, 1.54) is 35.7 Å². The number of thioether (sulfide) groups is 2. The number of carbonyl (C=O) groups is 2. The fourth-order valence-corrected chi connectivity index (χ4v) is 2.60. The average Bonchev–Trinajstić information content (AvgIpc) is 3.07. The predicted octanol–water partition coefficient (Wildman–Crippen LogP) is 0.655. The normalized spacial score (nSPS) is 22.9. The molecule has 1 aliphatic heterocycles. The Kier molecular flexibility index (Phi) is 6.17. The second-order valence-corrected chi connectivity index (χ2v) is 5.00. The van der Waals surface area contributed by atoms with E-state index in [-0.39, 0.29) is 22.7 Å². The standard InChI is InChI=1S/C10H14N2O3S2/c1-11-7(13)3-5-16-9-10(15-9)17-6-4-8(14)12-2/h3-6,9-10H,1-2H3,(H,11,13)(H,12,14)/b5-3+,6-4+. The van der Waals surface area contributed by atoms with Crippen LogP contribution in [-0.4, -0.2) is 36.8 Å². The van der Waals surface area contributed by atoms with Gasteiger partial charge in [0.1, 0.15) is 10.9 Å². The number of nitrogens with one attached hydrogen (secondary N) is 2. The van der Waals surface area contributed by atoms with Crippen LogP contribution in [0, 0.1) is 0 Å². The zero-order chi connectivity index (χ0) is 12.7. The summed E-state index contributed by atoms with van der Waals surface area (Å²) in [6.45, 7) is 0. The van der Waals surface area contributed by atoms with Gasteiger partial charge in [0.2, 0.25) is 11.8 Å². The molecule has 2 unspecified atom stereocenters. The Bertz CT molecular complexity index is 312. The van der Waals surface area contributed by atoms with Crippen LogP contribution < -0.4 is 10.6 Å². The first kappa shape index (κ1) is 14.1. The van der Waals surface area contributed by atoms with Crippen molar-refractivity contribution in [2.45, 2.75) is 10.9 Å². The fourth-order valence-electron chi connectivity index (χ4n) is 0.803. The zero-order valence-corrected chi connectivity index (χ0v) is 11.1. The van der Waals surface area contributed by atoms with Crippen LogP contribution in [0.5, 0.6) is 0 Å². The Morgan fingerprint density at radius 2 is 1.41 bits per heavy atom. The highest BCUT2D eigenvalue weighted by Crippen LogP contribution is 2.41. The van der Waals surface area contributed by atoms with Crippen molar-refractivity contribution < 1.29 is 14.3 Å². The Balaban J connectivity index is 2.13. The third-order valence-corrected chi connectivity index (χ3v) is 3.78. The summed E-state index contributed by atoms with van der Waals surface area (Å²) >= 11 is 2.88. The molecular weight excluding hydrogens is 260 g/mol. The number of amides is 2. The van der Waals surface area contributed by atoms with Crippen LogP contribution in [0.15, 0.2) is 23.0 Å². The summed E-state index contributed by atoms with van der Waals surface area (Å²) in [5.74, 6) is -0.274. The van der Waals surface area contributed by atoms with Crippen LogP contribution in [0.25, 0.3) is 0 Å². The molecule has 1 heterocycles. The van der Waals surface area contributed by atoms with E-state index in [4.69, 9.17) is 4.74 Å². The van der Waals surface area contributed by atoms with E-state index in [9.17, 15) is 9.59 Å². The maximum atomic E-state index is 10.9. The van der Waals surface area contributed by atoms with Gasteiger partial charge in [-0.2, -0.15) is 0 Å². The van der Waals surface area contributed by atoms with Crippen molar-refractivity contribution in [2.24, 2.45) is 0 Å². The molecule has 0 aromatic rings. The van der Waals surface area contributed by atoms with Crippen molar-refractivity contribution in [3.63, 3.8) is 0 Å². The van der Waals surface area contributed by atoms with Gasteiger partial charge in [-0.1, -0.05) is 23.5 Å². The van der Waals surface area contributed by atoms with Crippen molar-refractivity contribution in [3.05, 3.63) is 23.0 Å². The summed E-state index contributed by atoms with van der Waals surface area (Å²) in [5.41, 5.74) is 0.102. The van der Waals surface area contributed by atoms with E-state index in [1.54, 1.807) is 24.9 Å². The van der Waals surface area contributed by atoms with Gasteiger partial charge in [0.25, 0.3) is 0 Å². The molecule has 2 amide bonds. The molecule has 5 nitrogen and oxygen atoms in total. The van der Waals surface area contributed by atoms with Gasteiger partial charge in [-0.25, -0.2) is 0 Å². The maximum Gasteiger partial charge on any atom is 0.244 e. The van der Waals surface area contributed by atoms with Gasteiger partial charge in [-0.05, 0) is 10.8 Å². The first-order chi connectivity index (χ1) is 8.17. The first-order valence-electron chi connectivity index (χ1n) is 4.90. The highest BCUT2D eigenvalue weighted by molar-refractivity contribution is 8.07. The number of hydrogen-bond donors (Lipinski definition) is 2.